The fourth-order valence-electron chi connectivity index (χ4n) is 1.84. The van der Waals surface area contributed by atoms with Crippen LogP contribution >= 0.6 is 0 Å². The van der Waals surface area contributed by atoms with Crippen LogP contribution in [0.3, 0.4) is 0 Å². The van der Waals surface area contributed by atoms with Crippen LogP contribution in [0.2, 0.25) is 0 Å². The summed E-state index contributed by atoms with van der Waals surface area (Å²) in [5, 5.41) is 24.1. The summed E-state index contributed by atoms with van der Waals surface area (Å²) < 4.78 is 1.68. The van der Waals surface area contributed by atoms with Crippen molar-refractivity contribution in [2.45, 2.75) is 0 Å². The molecule has 4 heteroatoms. The Bertz CT molecular complexity index is 689. The van der Waals surface area contributed by atoms with Gasteiger partial charge >= 0.3 is 0 Å². The van der Waals surface area contributed by atoms with Crippen molar-refractivity contribution in [3.63, 3.8) is 0 Å². The van der Waals surface area contributed by atoms with Crippen LogP contribution in [0.25, 0.3) is 16.6 Å². The number of phenolic OH excluding ortho intramolecular Hbond substituents is 2. The molecule has 17 heavy (non-hydrogen) atoms. The molecule has 0 atom stereocenters. The summed E-state index contributed by atoms with van der Waals surface area (Å²) in [6, 6.07) is 11.9. The van der Waals surface area contributed by atoms with Gasteiger partial charge in [0.1, 0.15) is 11.5 Å². The number of hydrogen-bond acceptors (Lipinski definition) is 3. The normalized spacial score (nSPS) is 10.8. The van der Waals surface area contributed by atoms with Gasteiger partial charge in [0.15, 0.2) is 0 Å². The minimum Gasteiger partial charge on any atom is -0.508 e. The van der Waals surface area contributed by atoms with Crippen molar-refractivity contribution < 1.29 is 10.2 Å². The molecule has 0 saturated carbocycles. The number of aromatic hydroxyl groups is 2. The average Bonchev–Trinajstić information content (AvgIpc) is 2.71. The molecule has 1 aromatic heterocycles. The maximum Gasteiger partial charge on any atom is 0.117 e. The Morgan fingerprint density at radius 2 is 1.76 bits per heavy atom. The van der Waals surface area contributed by atoms with Crippen molar-refractivity contribution in [2.24, 2.45) is 0 Å². The van der Waals surface area contributed by atoms with Crippen LogP contribution < -0.4 is 0 Å². The molecule has 0 radical (unpaired) electrons. The number of aromatic nitrogens is 2. The Labute approximate surface area is 97.4 Å². The smallest absolute Gasteiger partial charge is 0.117 e. The lowest BCUT2D eigenvalue weighted by Gasteiger charge is -2.04. The molecular weight excluding hydrogens is 216 g/mol. The SMILES string of the molecule is Oc1cccc(-n2ncc3ccc(O)cc32)c1. The molecule has 0 bridgehead atoms. The zero-order valence-corrected chi connectivity index (χ0v) is 8.91. The second kappa shape index (κ2) is 3.52. The Morgan fingerprint density at radius 1 is 0.941 bits per heavy atom. The van der Waals surface area contributed by atoms with Crippen LogP contribution in [0.5, 0.6) is 11.5 Å². The van der Waals surface area contributed by atoms with Gasteiger partial charge in [0, 0.05) is 17.5 Å². The number of nitrogens with zero attached hydrogens (tertiary/aromatic N) is 2. The first-order valence-corrected chi connectivity index (χ1v) is 5.20. The maximum atomic E-state index is 9.48. The van der Waals surface area contributed by atoms with Gasteiger partial charge in [-0.2, -0.15) is 5.10 Å². The van der Waals surface area contributed by atoms with E-state index in [1.165, 1.54) is 0 Å². The van der Waals surface area contributed by atoms with E-state index in [9.17, 15) is 10.2 Å². The molecule has 0 saturated heterocycles. The van der Waals surface area contributed by atoms with Gasteiger partial charge < -0.3 is 10.2 Å². The molecule has 2 N–H and O–H groups in total. The van der Waals surface area contributed by atoms with Crippen LogP contribution in [-0.2, 0) is 0 Å². The molecule has 0 aliphatic rings. The van der Waals surface area contributed by atoms with Crippen molar-refractivity contribution >= 4 is 10.9 Å². The minimum atomic E-state index is 0.186. The van der Waals surface area contributed by atoms with E-state index >= 15 is 0 Å². The van der Waals surface area contributed by atoms with E-state index < -0.39 is 0 Å². The zero-order chi connectivity index (χ0) is 11.8. The average molecular weight is 226 g/mol. The van der Waals surface area contributed by atoms with E-state index in [0.29, 0.717) is 0 Å². The summed E-state index contributed by atoms with van der Waals surface area (Å²) >= 11 is 0. The summed E-state index contributed by atoms with van der Waals surface area (Å²) in [4.78, 5) is 0. The highest BCUT2D eigenvalue weighted by Gasteiger charge is 2.05. The van der Waals surface area contributed by atoms with Gasteiger partial charge in [0.2, 0.25) is 0 Å². The van der Waals surface area contributed by atoms with Crippen LogP contribution in [0.15, 0.2) is 48.7 Å². The van der Waals surface area contributed by atoms with Crippen molar-refractivity contribution in [3.8, 4) is 17.2 Å². The topological polar surface area (TPSA) is 58.3 Å². The number of hydrogen-bond donors (Lipinski definition) is 2. The molecule has 0 amide bonds. The molecule has 0 aliphatic heterocycles. The standard InChI is InChI=1S/C13H10N2O2/c16-11-3-1-2-10(6-11)15-13-7-12(17)5-4-9(13)8-14-15/h1-8,16-17H. The van der Waals surface area contributed by atoms with Crippen molar-refractivity contribution in [1.29, 1.82) is 0 Å². The van der Waals surface area contributed by atoms with E-state index in [0.717, 1.165) is 16.6 Å². The van der Waals surface area contributed by atoms with E-state index in [1.807, 2.05) is 6.07 Å². The number of benzene rings is 2. The molecule has 0 aliphatic carbocycles. The Morgan fingerprint density at radius 3 is 2.59 bits per heavy atom. The fraction of sp³-hybridized carbons (Fsp3) is 0. The van der Waals surface area contributed by atoms with Gasteiger partial charge in [-0.25, -0.2) is 4.68 Å². The van der Waals surface area contributed by atoms with Crippen molar-refractivity contribution in [3.05, 3.63) is 48.7 Å². The predicted molar refractivity (Wildman–Crippen MR) is 64.4 cm³/mol. The fourth-order valence-corrected chi connectivity index (χ4v) is 1.84. The molecule has 3 rings (SSSR count). The third-order valence-corrected chi connectivity index (χ3v) is 2.63. The summed E-state index contributed by atoms with van der Waals surface area (Å²) in [6.07, 6.45) is 1.72. The van der Waals surface area contributed by atoms with E-state index in [2.05, 4.69) is 5.10 Å². The molecule has 2 aromatic carbocycles. The van der Waals surface area contributed by atoms with Gasteiger partial charge in [-0.15, -0.1) is 0 Å². The lowest BCUT2D eigenvalue weighted by Crippen LogP contribution is -1.95. The summed E-state index contributed by atoms with van der Waals surface area (Å²) in [5.74, 6) is 0.380. The third kappa shape index (κ3) is 1.59. The number of rotatable bonds is 1. The highest BCUT2D eigenvalue weighted by molar-refractivity contribution is 5.81. The van der Waals surface area contributed by atoms with Gasteiger partial charge in [0.25, 0.3) is 0 Å². The maximum absolute atomic E-state index is 9.48. The van der Waals surface area contributed by atoms with E-state index in [-0.39, 0.29) is 11.5 Å². The number of fused-ring (bicyclic) bond motifs is 1. The van der Waals surface area contributed by atoms with Crippen LogP contribution in [0.1, 0.15) is 0 Å². The second-order valence-corrected chi connectivity index (χ2v) is 3.82. The lowest BCUT2D eigenvalue weighted by atomic mass is 10.2. The Balaban J connectivity index is 2.27. The Hall–Kier alpha value is -2.49. The molecular formula is C13H10N2O2. The van der Waals surface area contributed by atoms with Crippen LogP contribution in [0, 0.1) is 0 Å². The Kier molecular flexibility index (Phi) is 2.01. The van der Waals surface area contributed by atoms with Crippen molar-refractivity contribution in [1.82, 2.24) is 9.78 Å². The molecule has 0 spiro atoms. The highest BCUT2D eigenvalue weighted by Crippen LogP contribution is 2.23. The minimum absolute atomic E-state index is 0.186. The molecule has 84 valence electrons. The monoisotopic (exact) mass is 226 g/mol. The quantitative estimate of drug-likeness (QED) is 0.670. The summed E-state index contributed by atoms with van der Waals surface area (Å²) in [5.41, 5.74) is 1.56. The summed E-state index contributed by atoms with van der Waals surface area (Å²) in [6.45, 7) is 0. The van der Waals surface area contributed by atoms with Crippen LogP contribution in [-0.4, -0.2) is 20.0 Å². The molecule has 3 aromatic rings. The first-order chi connectivity index (χ1) is 8.24. The summed E-state index contributed by atoms with van der Waals surface area (Å²) in [7, 11) is 0. The number of phenols is 2. The van der Waals surface area contributed by atoms with Gasteiger partial charge in [-0.05, 0) is 24.3 Å². The predicted octanol–water partition coefficient (Wildman–Crippen LogP) is 2.44. The van der Waals surface area contributed by atoms with Gasteiger partial charge in [-0.1, -0.05) is 6.07 Å². The molecule has 1 heterocycles. The first kappa shape index (κ1) is 9.72. The first-order valence-electron chi connectivity index (χ1n) is 5.20. The highest BCUT2D eigenvalue weighted by atomic mass is 16.3. The molecule has 0 fully saturated rings. The second-order valence-electron chi connectivity index (χ2n) is 3.82. The third-order valence-electron chi connectivity index (χ3n) is 2.63. The van der Waals surface area contributed by atoms with Gasteiger partial charge in [0.05, 0.1) is 17.4 Å². The zero-order valence-electron chi connectivity index (χ0n) is 8.91. The molecule has 0 unspecified atom stereocenters. The van der Waals surface area contributed by atoms with Gasteiger partial charge in [-0.3, -0.25) is 0 Å². The van der Waals surface area contributed by atoms with E-state index in [1.54, 1.807) is 47.3 Å². The molecule has 4 nitrogen and oxygen atoms in total. The van der Waals surface area contributed by atoms with Crippen LogP contribution in [0.4, 0.5) is 0 Å². The largest absolute Gasteiger partial charge is 0.508 e. The van der Waals surface area contributed by atoms with E-state index in [4.69, 9.17) is 0 Å². The lowest BCUT2D eigenvalue weighted by molar-refractivity contribution is 0.475. The van der Waals surface area contributed by atoms with Crippen molar-refractivity contribution in [2.75, 3.05) is 0 Å².